The number of aromatic nitrogens is 3. The number of H-pyrrole nitrogens is 1. The Labute approximate surface area is 121 Å². The zero-order valence-electron chi connectivity index (χ0n) is 6.94. The van der Waals surface area contributed by atoms with E-state index in [0.717, 1.165) is 0 Å². The van der Waals surface area contributed by atoms with Gasteiger partial charge in [0.1, 0.15) is 0 Å². The molecular formula is C7H4N3O2Rb. The third-order valence-electron chi connectivity index (χ3n) is 1.52. The minimum atomic E-state index is -0.417. The molecule has 6 heteroatoms. The average molecular weight is 248 g/mol. The molecule has 2 aromatic heterocycles. The molecule has 13 heavy (non-hydrogen) atoms. The first-order valence-electron chi connectivity index (χ1n) is 3.28. The minimum Gasteiger partial charge on any atom is -0.629 e. The van der Waals surface area contributed by atoms with Crippen LogP contribution in [0.15, 0.2) is 28.0 Å². The van der Waals surface area contributed by atoms with Gasteiger partial charge in [-0.1, -0.05) is 0 Å². The van der Waals surface area contributed by atoms with E-state index in [1.54, 1.807) is 0 Å². The Morgan fingerprint density at radius 3 is 2.92 bits per heavy atom. The maximum Gasteiger partial charge on any atom is 1.00 e. The van der Waals surface area contributed by atoms with Gasteiger partial charge < -0.3 is 9.78 Å². The molecule has 60 valence electrons. The summed E-state index contributed by atoms with van der Waals surface area (Å²) in [6, 6.07) is 1.19. The molecule has 0 fully saturated rings. The molecule has 0 saturated heterocycles. The number of hydrogen-bond acceptors (Lipinski definition) is 3. The van der Waals surface area contributed by atoms with E-state index >= 15 is 0 Å². The van der Waals surface area contributed by atoms with Crippen LogP contribution in [0.3, 0.4) is 0 Å². The van der Waals surface area contributed by atoms with Crippen LogP contribution in [-0.2, 0) is 0 Å². The van der Waals surface area contributed by atoms with Crippen molar-refractivity contribution in [3.63, 3.8) is 0 Å². The first-order valence-corrected chi connectivity index (χ1v) is 3.28. The van der Waals surface area contributed by atoms with Gasteiger partial charge in [0.15, 0.2) is 0 Å². The summed E-state index contributed by atoms with van der Waals surface area (Å²) >= 11 is 0. The molecule has 0 spiro atoms. The van der Waals surface area contributed by atoms with Gasteiger partial charge in [-0.2, -0.15) is 11.3 Å². The zero-order chi connectivity index (χ0) is 8.55. The topological polar surface area (TPSA) is 76.9 Å². The van der Waals surface area contributed by atoms with E-state index in [9.17, 15) is 9.59 Å². The molecule has 0 amide bonds. The number of aromatic amines is 1. The predicted molar refractivity (Wildman–Crippen MR) is 42.0 cm³/mol. The first-order chi connectivity index (χ1) is 5.77. The molecule has 0 aliphatic carbocycles. The van der Waals surface area contributed by atoms with Gasteiger partial charge in [0.2, 0.25) is 0 Å². The Kier molecular flexibility index (Phi) is 3.72. The van der Waals surface area contributed by atoms with Crippen molar-refractivity contribution in [2.45, 2.75) is 0 Å². The molecule has 0 radical (unpaired) electrons. The second-order valence-corrected chi connectivity index (χ2v) is 2.31. The SMILES string of the molecule is O=c1cc2c(=O)[nH]ncc2c[n-]1.[Rb+]. The molecular weight excluding hydrogens is 244 g/mol. The van der Waals surface area contributed by atoms with Crippen LogP contribution in [0.25, 0.3) is 10.8 Å². The van der Waals surface area contributed by atoms with Crippen molar-refractivity contribution >= 4 is 10.8 Å². The Hall–Kier alpha value is -0.105. The predicted octanol–water partition coefficient (Wildman–Crippen LogP) is -3.76. The van der Waals surface area contributed by atoms with Crippen molar-refractivity contribution in [2.24, 2.45) is 0 Å². The van der Waals surface area contributed by atoms with Crippen LogP contribution >= 0.6 is 0 Å². The average Bonchev–Trinajstić information content (AvgIpc) is 2.07. The van der Waals surface area contributed by atoms with Gasteiger partial charge in [-0.3, -0.25) is 4.79 Å². The Balaban J connectivity index is 0.000000845. The van der Waals surface area contributed by atoms with Gasteiger partial charge >= 0.3 is 58.2 Å². The molecule has 0 saturated carbocycles. The van der Waals surface area contributed by atoms with Crippen molar-refractivity contribution in [2.75, 3.05) is 0 Å². The normalized spacial score (nSPS) is 9.54. The van der Waals surface area contributed by atoms with E-state index in [-0.39, 0.29) is 63.7 Å². The third kappa shape index (κ3) is 2.22. The van der Waals surface area contributed by atoms with Gasteiger partial charge in [-0.15, -0.1) is 0 Å². The standard InChI is InChI=1S/C7H5N3O2.Rb/c11-6-1-5-4(2-8-6)3-9-10-7(5)12;/h1-3H,(H2,8,9,10,11,12);/q;+1/p-1. The van der Waals surface area contributed by atoms with Crippen LogP contribution < -0.4 is 74.3 Å². The van der Waals surface area contributed by atoms with Gasteiger partial charge in [0.05, 0.1) is 17.1 Å². The van der Waals surface area contributed by atoms with Crippen LogP contribution in [0, 0.1) is 0 Å². The third-order valence-corrected chi connectivity index (χ3v) is 1.52. The summed E-state index contributed by atoms with van der Waals surface area (Å²) in [4.78, 5) is 25.3. The summed E-state index contributed by atoms with van der Waals surface area (Å²) in [5, 5.41) is 6.68. The van der Waals surface area contributed by atoms with Gasteiger partial charge in [-0.05, 0) is 11.5 Å². The molecule has 0 aliphatic heterocycles. The van der Waals surface area contributed by atoms with E-state index in [2.05, 4.69) is 15.2 Å². The van der Waals surface area contributed by atoms with E-state index in [0.29, 0.717) is 10.8 Å². The fourth-order valence-electron chi connectivity index (χ4n) is 0.967. The van der Waals surface area contributed by atoms with Crippen LogP contribution in [0.1, 0.15) is 0 Å². The number of nitrogens with zero attached hydrogens (tertiary/aromatic N) is 2. The summed E-state index contributed by atoms with van der Waals surface area (Å²) in [5.74, 6) is 0. The maximum absolute atomic E-state index is 11.0. The van der Waals surface area contributed by atoms with Crippen molar-refractivity contribution in [1.29, 1.82) is 0 Å². The fourth-order valence-corrected chi connectivity index (χ4v) is 0.967. The quantitative estimate of drug-likeness (QED) is 0.519. The van der Waals surface area contributed by atoms with Crippen LogP contribution in [-0.4, -0.2) is 10.2 Å². The summed E-state index contributed by atoms with van der Waals surface area (Å²) in [7, 11) is 0. The molecule has 0 unspecified atom stereocenters. The maximum atomic E-state index is 11.0. The van der Waals surface area contributed by atoms with E-state index in [1.165, 1.54) is 18.5 Å². The number of pyridine rings is 1. The summed E-state index contributed by atoms with van der Waals surface area (Å²) in [6.45, 7) is 0. The molecule has 0 aliphatic rings. The number of nitrogens with one attached hydrogen (secondary N) is 1. The molecule has 5 nitrogen and oxygen atoms in total. The summed E-state index contributed by atoms with van der Waals surface area (Å²) in [5.41, 5.74) is -0.786. The monoisotopic (exact) mass is 247 g/mol. The Bertz CT molecular complexity index is 531. The van der Waals surface area contributed by atoms with Crippen molar-refractivity contribution < 1.29 is 58.2 Å². The van der Waals surface area contributed by atoms with E-state index < -0.39 is 5.56 Å². The molecule has 0 bridgehead atoms. The van der Waals surface area contributed by atoms with Crippen molar-refractivity contribution in [1.82, 2.24) is 15.2 Å². The van der Waals surface area contributed by atoms with Gasteiger partial charge in [0, 0.05) is 0 Å². The van der Waals surface area contributed by atoms with Gasteiger partial charge in [0.25, 0.3) is 5.56 Å². The molecule has 2 aromatic rings. The molecule has 0 aromatic carbocycles. The van der Waals surface area contributed by atoms with Crippen LogP contribution in [0.2, 0.25) is 0 Å². The second-order valence-electron chi connectivity index (χ2n) is 2.31. The minimum absolute atomic E-state index is 0. The summed E-state index contributed by atoms with van der Waals surface area (Å²) < 4.78 is 0. The Morgan fingerprint density at radius 1 is 1.38 bits per heavy atom. The van der Waals surface area contributed by atoms with Crippen molar-refractivity contribution in [3.8, 4) is 0 Å². The fraction of sp³-hybridized carbons (Fsp3) is 0. The first kappa shape index (κ1) is 11.0. The number of hydrogen-bond donors (Lipinski definition) is 1. The molecule has 2 heterocycles. The number of rotatable bonds is 0. The Morgan fingerprint density at radius 2 is 2.15 bits per heavy atom. The number of fused-ring (bicyclic) bond motifs is 1. The van der Waals surface area contributed by atoms with Gasteiger partial charge in [-0.25, -0.2) is 5.10 Å². The molecule has 1 N–H and O–H groups in total. The zero-order valence-corrected chi connectivity index (χ0v) is 11.9. The summed E-state index contributed by atoms with van der Waals surface area (Å²) in [6.07, 6.45) is 2.78. The molecule has 2 rings (SSSR count). The molecule has 0 atom stereocenters. The second kappa shape index (κ2) is 4.41. The largest absolute Gasteiger partial charge is 1.00 e. The van der Waals surface area contributed by atoms with Crippen molar-refractivity contribution in [3.05, 3.63) is 39.2 Å². The van der Waals surface area contributed by atoms with Crippen LogP contribution in [0.4, 0.5) is 0 Å². The van der Waals surface area contributed by atoms with E-state index in [1.807, 2.05) is 0 Å². The smallest absolute Gasteiger partial charge is 0.629 e. The van der Waals surface area contributed by atoms with E-state index in [4.69, 9.17) is 0 Å². The van der Waals surface area contributed by atoms with Crippen LogP contribution in [0.5, 0.6) is 0 Å².